The van der Waals surface area contributed by atoms with Gasteiger partial charge < -0.3 is 0 Å². The van der Waals surface area contributed by atoms with E-state index < -0.39 is 0 Å². The molecule has 0 bridgehead atoms. The lowest BCUT2D eigenvalue weighted by molar-refractivity contribution is 0.841. The highest BCUT2D eigenvalue weighted by Crippen LogP contribution is 2.52. The Kier molecular flexibility index (Phi) is 3.62. The Morgan fingerprint density at radius 3 is 2.16 bits per heavy atom. The van der Waals surface area contributed by atoms with Crippen LogP contribution in [-0.4, -0.2) is 0 Å². The molecule has 0 amide bonds. The predicted molar refractivity (Wildman–Crippen MR) is 137 cm³/mol. The first kappa shape index (κ1) is 18.0. The largest absolute Gasteiger partial charge is 0.0616 e. The van der Waals surface area contributed by atoms with E-state index in [0.717, 1.165) is 6.42 Å². The van der Waals surface area contributed by atoms with Gasteiger partial charge in [0.1, 0.15) is 0 Å². The molecule has 152 valence electrons. The first-order chi connectivity index (χ1) is 15.6. The van der Waals surface area contributed by atoms with Gasteiger partial charge >= 0.3 is 0 Å². The Morgan fingerprint density at radius 1 is 0.594 bits per heavy atom. The SMILES string of the molecule is Cc1ccc2c(c1)CC1C(=C2)c2cc3ccc(C)cc3cc2-c2cc3ccccc3cc21. The number of aryl methyl sites for hydroxylation is 2. The van der Waals surface area contributed by atoms with E-state index in [1.165, 1.54) is 71.6 Å². The van der Waals surface area contributed by atoms with Crippen molar-refractivity contribution in [2.45, 2.75) is 26.2 Å². The minimum absolute atomic E-state index is 0.402. The number of allylic oxidation sites excluding steroid dienone is 1. The molecule has 5 aromatic carbocycles. The van der Waals surface area contributed by atoms with Crippen molar-refractivity contribution in [1.82, 2.24) is 0 Å². The van der Waals surface area contributed by atoms with E-state index in [2.05, 4.69) is 105 Å². The van der Waals surface area contributed by atoms with Crippen molar-refractivity contribution in [3.8, 4) is 11.1 Å². The second-order valence-electron chi connectivity index (χ2n) is 9.59. The summed E-state index contributed by atoms with van der Waals surface area (Å²) < 4.78 is 0. The first-order valence-corrected chi connectivity index (χ1v) is 11.5. The van der Waals surface area contributed by atoms with Crippen LogP contribution in [0.1, 0.15) is 39.3 Å². The van der Waals surface area contributed by atoms with Crippen molar-refractivity contribution in [3.05, 3.63) is 118 Å². The van der Waals surface area contributed by atoms with Crippen molar-refractivity contribution in [2.75, 3.05) is 0 Å². The first-order valence-electron chi connectivity index (χ1n) is 11.5. The van der Waals surface area contributed by atoms with Crippen LogP contribution in [0, 0.1) is 13.8 Å². The third-order valence-electron chi connectivity index (χ3n) is 7.44. The van der Waals surface area contributed by atoms with Gasteiger partial charge in [0.05, 0.1) is 0 Å². The van der Waals surface area contributed by atoms with Gasteiger partial charge in [-0.2, -0.15) is 0 Å². The Bertz CT molecular complexity index is 1610. The lowest BCUT2D eigenvalue weighted by Gasteiger charge is -2.35. The maximum Gasteiger partial charge on any atom is 0.0143 e. The lowest BCUT2D eigenvalue weighted by atomic mass is 9.69. The normalized spacial score (nSPS) is 16.2. The highest BCUT2D eigenvalue weighted by atomic mass is 14.4. The molecule has 0 nitrogen and oxygen atoms in total. The van der Waals surface area contributed by atoms with E-state index >= 15 is 0 Å². The molecule has 0 heteroatoms. The third kappa shape index (κ3) is 2.56. The van der Waals surface area contributed by atoms with Crippen molar-refractivity contribution < 1.29 is 0 Å². The zero-order valence-electron chi connectivity index (χ0n) is 18.4. The van der Waals surface area contributed by atoms with Crippen LogP contribution in [0.25, 0.3) is 44.3 Å². The topological polar surface area (TPSA) is 0 Å². The van der Waals surface area contributed by atoms with Crippen molar-refractivity contribution in [1.29, 1.82) is 0 Å². The molecule has 1 atom stereocenters. The minimum Gasteiger partial charge on any atom is -0.0616 e. The number of benzene rings is 5. The Labute approximate surface area is 188 Å². The molecule has 0 aliphatic heterocycles. The van der Waals surface area contributed by atoms with Gasteiger partial charge in [-0.05, 0) is 105 Å². The Balaban J connectivity index is 1.59. The van der Waals surface area contributed by atoms with E-state index in [4.69, 9.17) is 0 Å². The van der Waals surface area contributed by atoms with Crippen LogP contribution in [0.3, 0.4) is 0 Å². The maximum atomic E-state index is 2.46. The van der Waals surface area contributed by atoms with Gasteiger partial charge in [-0.3, -0.25) is 0 Å². The molecule has 2 aliphatic carbocycles. The van der Waals surface area contributed by atoms with Crippen molar-refractivity contribution in [2.24, 2.45) is 0 Å². The van der Waals surface area contributed by atoms with E-state index in [9.17, 15) is 0 Å². The summed E-state index contributed by atoms with van der Waals surface area (Å²) in [5.74, 6) is 0.402. The summed E-state index contributed by atoms with van der Waals surface area (Å²) in [5.41, 5.74) is 12.6. The number of fused-ring (bicyclic) bond motifs is 9. The molecule has 2 aliphatic rings. The second-order valence-corrected chi connectivity index (χ2v) is 9.59. The van der Waals surface area contributed by atoms with Gasteiger partial charge in [0.2, 0.25) is 0 Å². The zero-order valence-corrected chi connectivity index (χ0v) is 18.4. The fraction of sp³-hybridized carbons (Fsp3) is 0.125. The summed E-state index contributed by atoms with van der Waals surface area (Å²) in [6, 6.07) is 32.3. The van der Waals surface area contributed by atoms with Crippen LogP contribution in [0.4, 0.5) is 0 Å². The van der Waals surface area contributed by atoms with Crippen LogP contribution in [0.15, 0.2) is 84.9 Å². The van der Waals surface area contributed by atoms with Crippen LogP contribution in [0.2, 0.25) is 0 Å². The molecule has 0 spiro atoms. The molecule has 0 saturated heterocycles. The molecular weight excluding hydrogens is 384 g/mol. The Morgan fingerprint density at radius 2 is 1.28 bits per heavy atom. The van der Waals surface area contributed by atoms with Gasteiger partial charge in [0, 0.05) is 5.92 Å². The molecule has 1 unspecified atom stereocenters. The molecule has 7 rings (SSSR count). The van der Waals surface area contributed by atoms with E-state index in [-0.39, 0.29) is 0 Å². The van der Waals surface area contributed by atoms with Gasteiger partial charge in [-0.15, -0.1) is 0 Å². The van der Waals surface area contributed by atoms with E-state index in [1.54, 1.807) is 0 Å². The fourth-order valence-electron chi connectivity index (χ4n) is 5.85. The van der Waals surface area contributed by atoms with E-state index in [0.29, 0.717) is 5.92 Å². The van der Waals surface area contributed by atoms with Crippen LogP contribution in [-0.2, 0) is 6.42 Å². The highest BCUT2D eigenvalue weighted by Gasteiger charge is 2.32. The molecule has 5 aromatic rings. The van der Waals surface area contributed by atoms with Crippen LogP contribution < -0.4 is 0 Å². The van der Waals surface area contributed by atoms with Crippen molar-refractivity contribution >= 4 is 33.2 Å². The molecule has 0 fully saturated rings. The molecule has 0 radical (unpaired) electrons. The Hall–Kier alpha value is -3.64. The molecule has 0 N–H and O–H groups in total. The standard InChI is InChI=1S/C32H24/c1-19-7-9-23-15-29-30-16-24-10-8-20(2)12-26(24)18-32(30)28-14-22-6-4-3-5-21(22)13-27(28)31(29)17-25(23)11-19/h3-17,32H,18H2,1-2H3. The van der Waals surface area contributed by atoms with Gasteiger partial charge in [0.15, 0.2) is 0 Å². The minimum atomic E-state index is 0.402. The quantitative estimate of drug-likeness (QED) is 0.241. The summed E-state index contributed by atoms with van der Waals surface area (Å²) in [4.78, 5) is 0. The smallest absolute Gasteiger partial charge is 0.0143 e. The van der Waals surface area contributed by atoms with Crippen molar-refractivity contribution in [3.63, 3.8) is 0 Å². The van der Waals surface area contributed by atoms with E-state index in [1.807, 2.05) is 0 Å². The summed E-state index contributed by atoms with van der Waals surface area (Å²) in [6.07, 6.45) is 3.53. The third-order valence-corrected chi connectivity index (χ3v) is 7.44. The predicted octanol–water partition coefficient (Wildman–Crippen LogP) is 8.47. The lowest BCUT2D eigenvalue weighted by Crippen LogP contribution is -2.16. The number of hydrogen-bond donors (Lipinski definition) is 0. The highest BCUT2D eigenvalue weighted by molar-refractivity contribution is 6.05. The summed E-state index contributed by atoms with van der Waals surface area (Å²) in [7, 11) is 0. The average Bonchev–Trinajstić information content (AvgIpc) is 2.81. The molecule has 32 heavy (non-hydrogen) atoms. The van der Waals surface area contributed by atoms with Crippen LogP contribution >= 0.6 is 0 Å². The maximum absolute atomic E-state index is 2.46. The zero-order chi connectivity index (χ0) is 21.4. The average molecular weight is 409 g/mol. The summed E-state index contributed by atoms with van der Waals surface area (Å²) in [6.45, 7) is 4.38. The molecular formula is C32H24. The van der Waals surface area contributed by atoms with Gasteiger partial charge in [0.25, 0.3) is 0 Å². The summed E-state index contributed by atoms with van der Waals surface area (Å²) in [5, 5.41) is 5.31. The fourth-order valence-corrected chi connectivity index (χ4v) is 5.85. The number of hydrogen-bond acceptors (Lipinski definition) is 0. The molecule has 0 saturated carbocycles. The molecule has 0 heterocycles. The number of rotatable bonds is 0. The molecule has 0 aromatic heterocycles. The monoisotopic (exact) mass is 408 g/mol. The summed E-state index contributed by atoms with van der Waals surface area (Å²) >= 11 is 0. The van der Waals surface area contributed by atoms with Crippen LogP contribution in [0.5, 0.6) is 0 Å². The second kappa shape index (κ2) is 6.43. The van der Waals surface area contributed by atoms with Gasteiger partial charge in [-0.25, -0.2) is 0 Å². The van der Waals surface area contributed by atoms with Gasteiger partial charge in [-0.1, -0.05) is 77.9 Å².